The lowest BCUT2D eigenvalue weighted by atomic mass is 9.80. The van der Waals surface area contributed by atoms with Gasteiger partial charge < -0.3 is 5.32 Å². The molecule has 1 N–H and O–H groups in total. The van der Waals surface area contributed by atoms with Crippen LogP contribution in [-0.2, 0) is 6.42 Å². The van der Waals surface area contributed by atoms with Gasteiger partial charge in [-0.2, -0.15) is 0 Å². The fourth-order valence-electron chi connectivity index (χ4n) is 3.66. The average molecular weight is 311 g/mol. The van der Waals surface area contributed by atoms with Crippen LogP contribution in [0.5, 0.6) is 0 Å². The Labute approximate surface area is 135 Å². The van der Waals surface area contributed by atoms with E-state index in [0.717, 1.165) is 26.1 Å². The average Bonchev–Trinajstić information content (AvgIpc) is 3.02. The number of nitrogens with zero attached hydrogens (tertiary/aromatic N) is 1. The van der Waals surface area contributed by atoms with Crippen molar-refractivity contribution >= 4 is 11.3 Å². The van der Waals surface area contributed by atoms with Crippen molar-refractivity contribution in [3.8, 4) is 0 Å². The molecule has 1 atom stereocenters. The summed E-state index contributed by atoms with van der Waals surface area (Å²) in [4.78, 5) is 4.18. The maximum atomic E-state index is 3.86. The van der Waals surface area contributed by atoms with Gasteiger partial charge in [-0.15, -0.1) is 11.3 Å². The van der Waals surface area contributed by atoms with Crippen molar-refractivity contribution in [1.29, 1.82) is 0 Å². The number of hydrogen-bond acceptors (Lipinski definition) is 3. The number of hydrogen-bond donors (Lipinski definition) is 1. The minimum absolute atomic E-state index is 0.267. The maximum absolute atomic E-state index is 3.86. The number of nitrogens with one attached hydrogen (secondary N) is 1. The lowest BCUT2D eigenvalue weighted by molar-refractivity contribution is 0.0495. The molecule has 0 aliphatic heterocycles. The van der Waals surface area contributed by atoms with Gasteiger partial charge in [0.1, 0.15) is 0 Å². The Bertz CT molecular complexity index is 353. The molecular weight excluding hydrogens is 276 g/mol. The molecule has 0 saturated heterocycles. The highest BCUT2D eigenvalue weighted by atomic mass is 32.1. The first-order valence-corrected chi connectivity index (χ1v) is 9.57. The highest BCUT2D eigenvalue weighted by Crippen LogP contribution is 2.31. The topological polar surface area (TPSA) is 15.3 Å². The Morgan fingerprint density at radius 1 is 1.14 bits per heavy atom. The molecule has 0 spiro atoms. The summed E-state index contributed by atoms with van der Waals surface area (Å²) in [6.45, 7) is 14.9. The van der Waals surface area contributed by atoms with Crippen LogP contribution >= 0.6 is 11.3 Å². The van der Waals surface area contributed by atoms with E-state index in [2.05, 4.69) is 62.3 Å². The zero-order valence-corrected chi connectivity index (χ0v) is 15.4. The van der Waals surface area contributed by atoms with Crippen LogP contribution in [0.25, 0.3) is 0 Å². The van der Waals surface area contributed by atoms with Gasteiger partial charge in [0.25, 0.3) is 0 Å². The SMILES string of the molecule is CCCNC(Cc1cccs1)C(CC)(CC)N(CC)CC. The zero-order chi connectivity index (χ0) is 15.7. The van der Waals surface area contributed by atoms with Crippen molar-refractivity contribution in [2.24, 2.45) is 0 Å². The molecule has 2 nitrogen and oxygen atoms in total. The highest BCUT2D eigenvalue weighted by Gasteiger charge is 2.39. The molecule has 0 aliphatic rings. The second-order valence-corrected chi connectivity index (χ2v) is 6.81. The third kappa shape index (κ3) is 4.54. The van der Waals surface area contributed by atoms with E-state index in [0.29, 0.717) is 6.04 Å². The minimum Gasteiger partial charge on any atom is -0.312 e. The summed E-state index contributed by atoms with van der Waals surface area (Å²) in [6, 6.07) is 4.99. The molecule has 3 heteroatoms. The number of thiophene rings is 1. The summed E-state index contributed by atoms with van der Waals surface area (Å²) in [5.74, 6) is 0. The first-order chi connectivity index (χ1) is 10.2. The molecule has 1 heterocycles. The molecule has 122 valence electrons. The second-order valence-electron chi connectivity index (χ2n) is 5.77. The molecule has 0 aliphatic carbocycles. The van der Waals surface area contributed by atoms with E-state index in [-0.39, 0.29) is 5.54 Å². The summed E-state index contributed by atoms with van der Waals surface area (Å²) >= 11 is 1.89. The van der Waals surface area contributed by atoms with Crippen molar-refractivity contribution in [1.82, 2.24) is 10.2 Å². The summed E-state index contributed by atoms with van der Waals surface area (Å²) in [5, 5.41) is 6.06. The van der Waals surface area contributed by atoms with E-state index in [1.807, 2.05) is 11.3 Å². The monoisotopic (exact) mass is 310 g/mol. The molecule has 0 aromatic carbocycles. The number of rotatable bonds is 11. The summed E-state index contributed by atoms with van der Waals surface area (Å²) in [5.41, 5.74) is 0.267. The van der Waals surface area contributed by atoms with Gasteiger partial charge >= 0.3 is 0 Å². The quantitative estimate of drug-likeness (QED) is 0.644. The standard InChI is InChI=1S/C18H34N2S/c1-6-13-19-17(15-16-12-11-14-21-16)18(7-2,8-3)20(9-4)10-5/h11-12,14,17,19H,6-10,13,15H2,1-5H3. The van der Waals surface area contributed by atoms with Crippen LogP contribution in [0.15, 0.2) is 17.5 Å². The van der Waals surface area contributed by atoms with Crippen LogP contribution in [0, 0.1) is 0 Å². The first kappa shape index (κ1) is 18.7. The molecular formula is C18H34N2S. The van der Waals surface area contributed by atoms with Gasteiger partial charge in [-0.25, -0.2) is 0 Å². The Balaban J connectivity index is 3.03. The van der Waals surface area contributed by atoms with Gasteiger partial charge in [-0.3, -0.25) is 4.90 Å². The first-order valence-electron chi connectivity index (χ1n) is 8.69. The molecule has 0 radical (unpaired) electrons. The molecule has 0 bridgehead atoms. The van der Waals surface area contributed by atoms with Crippen molar-refractivity contribution in [2.45, 2.75) is 71.9 Å². The molecule has 1 rings (SSSR count). The molecule has 0 fully saturated rings. The Morgan fingerprint density at radius 3 is 2.24 bits per heavy atom. The summed E-state index contributed by atoms with van der Waals surface area (Å²) < 4.78 is 0. The van der Waals surface area contributed by atoms with Crippen LogP contribution in [0.2, 0.25) is 0 Å². The predicted octanol–water partition coefficient (Wildman–Crippen LogP) is 4.56. The largest absolute Gasteiger partial charge is 0.312 e. The molecule has 0 amide bonds. The lowest BCUT2D eigenvalue weighted by Crippen LogP contribution is -2.61. The Kier molecular flexibility index (Phi) is 8.53. The maximum Gasteiger partial charge on any atom is 0.0360 e. The Morgan fingerprint density at radius 2 is 1.81 bits per heavy atom. The van der Waals surface area contributed by atoms with Crippen LogP contribution in [0.3, 0.4) is 0 Å². The second kappa shape index (κ2) is 9.60. The fraction of sp³-hybridized carbons (Fsp3) is 0.778. The zero-order valence-electron chi connectivity index (χ0n) is 14.6. The van der Waals surface area contributed by atoms with E-state index >= 15 is 0 Å². The van der Waals surface area contributed by atoms with Crippen LogP contribution in [0.1, 0.15) is 58.8 Å². The lowest BCUT2D eigenvalue weighted by Gasteiger charge is -2.48. The van der Waals surface area contributed by atoms with E-state index in [9.17, 15) is 0 Å². The molecule has 0 saturated carbocycles. The van der Waals surface area contributed by atoms with Crippen molar-refractivity contribution < 1.29 is 0 Å². The van der Waals surface area contributed by atoms with Crippen LogP contribution in [-0.4, -0.2) is 36.1 Å². The minimum atomic E-state index is 0.267. The Hall–Kier alpha value is -0.380. The van der Waals surface area contributed by atoms with E-state index in [1.165, 1.54) is 24.1 Å². The van der Waals surface area contributed by atoms with Crippen molar-refractivity contribution in [3.05, 3.63) is 22.4 Å². The fourth-order valence-corrected chi connectivity index (χ4v) is 4.42. The molecule has 1 unspecified atom stereocenters. The normalized spacial score (nSPS) is 13.8. The summed E-state index contributed by atoms with van der Waals surface area (Å²) in [6.07, 6.45) is 4.76. The van der Waals surface area contributed by atoms with E-state index < -0.39 is 0 Å². The van der Waals surface area contributed by atoms with E-state index in [1.54, 1.807) is 0 Å². The van der Waals surface area contributed by atoms with E-state index in [4.69, 9.17) is 0 Å². The van der Waals surface area contributed by atoms with Crippen molar-refractivity contribution in [2.75, 3.05) is 19.6 Å². The van der Waals surface area contributed by atoms with Gasteiger partial charge in [0.2, 0.25) is 0 Å². The van der Waals surface area contributed by atoms with Gasteiger partial charge in [0.05, 0.1) is 0 Å². The molecule has 1 aromatic rings. The highest BCUT2D eigenvalue weighted by molar-refractivity contribution is 7.09. The third-order valence-corrected chi connectivity index (χ3v) is 5.79. The van der Waals surface area contributed by atoms with Crippen LogP contribution < -0.4 is 5.32 Å². The summed E-state index contributed by atoms with van der Waals surface area (Å²) in [7, 11) is 0. The molecule has 1 aromatic heterocycles. The van der Waals surface area contributed by atoms with Gasteiger partial charge in [-0.1, -0.05) is 40.7 Å². The van der Waals surface area contributed by atoms with Gasteiger partial charge in [0, 0.05) is 16.5 Å². The predicted molar refractivity (Wildman–Crippen MR) is 96.3 cm³/mol. The van der Waals surface area contributed by atoms with Crippen LogP contribution in [0.4, 0.5) is 0 Å². The smallest absolute Gasteiger partial charge is 0.0360 e. The number of likely N-dealkylation sites (N-methyl/N-ethyl adjacent to an activating group) is 1. The van der Waals surface area contributed by atoms with Gasteiger partial charge in [0.15, 0.2) is 0 Å². The van der Waals surface area contributed by atoms with Gasteiger partial charge in [-0.05, 0) is 56.8 Å². The third-order valence-electron chi connectivity index (χ3n) is 4.89. The molecule has 21 heavy (non-hydrogen) atoms. The van der Waals surface area contributed by atoms with Crippen molar-refractivity contribution in [3.63, 3.8) is 0 Å².